The van der Waals surface area contributed by atoms with Crippen LogP contribution >= 0.6 is 0 Å². The van der Waals surface area contributed by atoms with Crippen LogP contribution in [0.4, 0.5) is 11.4 Å². The minimum Gasteiger partial charge on any atom is -0.506 e. The van der Waals surface area contributed by atoms with Gasteiger partial charge in [-0.3, -0.25) is 24.7 Å². The Kier molecular flexibility index (Phi) is 9.49. The van der Waals surface area contributed by atoms with Crippen LogP contribution in [0.15, 0.2) is 76.6 Å². The van der Waals surface area contributed by atoms with E-state index in [0.717, 1.165) is 33.0 Å². The van der Waals surface area contributed by atoms with Crippen molar-refractivity contribution >= 4 is 41.4 Å². The second-order valence-corrected chi connectivity index (χ2v) is 10.8. The second-order valence-electron chi connectivity index (χ2n) is 10.8. The number of carbonyl (C=O) groups is 3. The minimum absolute atomic E-state index is 0.0897. The summed E-state index contributed by atoms with van der Waals surface area (Å²) in [5.41, 5.74) is -0.428. The van der Waals surface area contributed by atoms with Crippen molar-refractivity contribution in [2.75, 3.05) is 24.0 Å². The highest BCUT2D eigenvalue weighted by Gasteiger charge is 2.33. The monoisotopic (exact) mass is 656 g/mol. The molecular formula is C33H28N4O11. The van der Waals surface area contributed by atoms with Crippen molar-refractivity contribution in [2.24, 2.45) is 5.10 Å². The fourth-order valence-electron chi connectivity index (χ4n) is 5.07. The molecule has 15 nitrogen and oxygen atoms in total. The maximum Gasteiger partial charge on any atom is 0.335 e. The zero-order chi connectivity index (χ0) is 34.7. The quantitative estimate of drug-likeness (QED) is 0.117. The van der Waals surface area contributed by atoms with Gasteiger partial charge in [-0.25, -0.2) is 19.4 Å². The van der Waals surface area contributed by atoms with E-state index in [9.17, 15) is 34.5 Å². The Hall–Kier alpha value is -6.13. The lowest BCUT2D eigenvalue weighted by atomic mass is 10.1. The molecule has 5 rings (SSSR count). The molecule has 0 saturated heterocycles. The molecule has 0 spiro atoms. The lowest BCUT2D eigenvalue weighted by Gasteiger charge is -2.14. The normalized spacial score (nSPS) is 12.8. The number of hydrogen-bond acceptors (Lipinski definition) is 11. The fraction of sp³-hybridized carbons (Fsp3) is 0.121. The second kappa shape index (κ2) is 13.7. The van der Waals surface area contributed by atoms with Crippen molar-refractivity contribution in [3.8, 4) is 11.4 Å². The molecule has 0 aliphatic carbocycles. The van der Waals surface area contributed by atoms with E-state index in [4.69, 9.17) is 10.5 Å². The van der Waals surface area contributed by atoms with E-state index in [1.807, 2.05) is 43.3 Å². The number of hydrogen-bond donors (Lipinski definition) is 5. The largest absolute Gasteiger partial charge is 0.506 e. The Morgan fingerprint density at radius 1 is 0.854 bits per heavy atom. The molecular weight excluding hydrogens is 628 g/mol. The molecule has 246 valence electrons. The van der Waals surface area contributed by atoms with E-state index in [1.54, 1.807) is 6.08 Å². The average molecular weight is 657 g/mol. The molecule has 3 aromatic carbocycles. The molecule has 0 saturated carbocycles. The number of anilines is 2. The third-order valence-corrected chi connectivity index (χ3v) is 7.34. The van der Waals surface area contributed by atoms with Crippen molar-refractivity contribution in [2.45, 2.75) is 13.2 Å². The number of aromatic nitrogens is 1. The van der Waals surface area contributed by atoms with Gasteiger partial charge in [0.2, 0.25) is 0 Å². The molecule has 4 aromatic rings. The van der Waals surface area contributed by atoms with Crippen molar-refractivity contribution in [3.63, 3.8) is 0 Å². The lowest BCUT2D eigenvalue weighted by Crippen LogP contribution is -2.43. The van der Waals surface area contributed by atoms with Gasteiger partial charge in [0.1, 0.15) is 24.5 Å². The van der Waals surface area contributed by atoms with Gasteiger partial charge in [-0.1, -0.05) is 24.3 Å². The van der Waals surface area contributed by atoms with Gasteiger partial charge in [-0.05, 0) is 71.3 Å². The van der Waals surface area contributed by atoms with E-state index < -0.39 is 47.9 Å². The molecule has 1 amide bonds. The summed E-state index contributed by atoms with van der Waals surface area (Å²) < 4.78 is 0.921. The number of carboxylic acid groups (broad SMARTS) is 2. The standard InChI is InChI=1S/C33H28N4O11/c1-35(2)23-8-6-18(7-9-23)4-3-5-26-28(38)27-29(36(30(26)39)24-12-19(16-47-45)10-21(14-24)32(41)42)34-37(31(27)40)25-13-20(17-48-46)11-22(15-25)33(43)44/h3-15,38,45-46H,16-17H2,1-2H3,(H,41,42)(H,43,44)/b4-3+,26-5+. The van der Waals surface area contributed by atoms with Gasteiger partial charge in [0.05, 0.1) is 27.7 Å². The first-order valence-electron chi connectivity index (χ1n) is 14.1. The molecule has 0 radical (unpaired) electrons. The molecule has 2 heterocycles. The molecule has 0 bridgehead atoms. The molecule has 0 unspecified atom stereocenters. The number of benzene rings is 3. The van der Waals surface area contributed by atoms with Gasteiger partial charge in [0.25, 0.3) is 11.5 Å². The average Bonchev–Trinajstić information content (AvgIpc) is 3.39. The Labute approximate surface area is 270 Å². The fourth-order valence-corrected chi connectivity index (χ4v) is 5.07. The number of aromatic hydroxyl groups is 1. The number of rotatable bonds is 11. The smallest absolute Gasteiger partial charge is 0.335 e. The SMILES string of the molecule is CN(C)c1ccc(/C=C/C=c2\c(O)c3c(n(-c4cc(COO)cc(C(=O)O)c4)c2=O)=NN(c2cc(COO)cc(C(=O)O)c2)C3=O)cc1. The topological polar surface area (TPSA) is 212 Å². The number of aromatic carboxylic acids is 2. The number of allylic oxidation sites excluding steroid dienone is 1. The van der Waals surface area contributed by atoms with E-state index in [0.29, 0.717) is 0 Å². The number of amides is 1. The molecule has 15 heteroatoms. The van der Waals surface area contributed by atoms with E-state index >= 15 is 0 Å². The van der Waals surface area contributed by atoms with Gasteiger partial charge in [0, 0.05) is 19.8 Å². The minimum atomic E-state index is -1.37. The van der Waals surface area contributed by atoms with E-state index in [2.05, 4.69) is 14.9 Å². The Morgan fingerprint density at radius 3 is 1.96 bits per heavy atom. The third kappa shape index (κ3) is 6.55. The van der Waals surface area contributed by atoms with Crippen molar-refractivity contribution in [3.05, 3.63) is 121 Å². The van der Waals surface area contributed by atoms with Crippen molar-refractivity contribution < 1.29 is 50.0 Å². The summed E-state index contributed by atoms with van der Waals surface area (Å²) in [4.78, 5) is 62.0. The maximum atomic E-state index is 14.1. The summed E-state index contributed by atoms with van der Waals surface area (Å²) in [6.45, 7) is -0.878. The van der Waals surface area contributed by atoms with Crippen molar-refractivity contribution in [1.29, 1.82) is 0 Å². The van der Waals surface area contributed by atoms with Crippen LogP contribution < -0.4 is 26.2 Å². The highest BCUT2D eigenvalue weighted by molar-refractivity contribution is 6.09. The van der Waals surface area contributed by atoms with Crippen LogP contribution in [-0.4, -0.2) is 62.3 Å². The predicted molar refractivity (Wildman–Crippen MR) is 171 cm³/mol. The zero-order valence-corrected chi connectivity index (χ0v) is 25.4. The molecule has 48 heavy (non-hydrogen) atoms. The molecule has 1 aliphatic heterocycles. The first-order valence-corrected chi connectivity index (χ1v) is 14.1. The first kappa shape index (κ1) is 33.2. The maximum absolute atomic E-state index is 14.1. The number of nitrogens with zero attached hydrogens (tertiary/aromatic N) is 4. The number of carbonyl (C=O) groups excluding carboxylic acids is 1. The van der Waals surface area contributed by atoms with Crippen LogP contribution in [0.5, 0.6) is 5.75 Å². The highest BCUT2D eigenvalue weighted by atomic mass is 17.1. The van der Waals surface area contributed by atoms with Gasteiger partial charge in [-0.2, -0.15) is 5.01 Å². The number of carboxylic acids is 2. The number of fused-ring (bicyclic) bond motifs is 1. The molecule has 5 N–H and O–H groups in total. The molecule has 1 aromatic heterocycles. The summed E-state index contributed by atoms with van der Waals surface area (Å²) in [5, 5.41) is 53.4. The van der Waals surface area contributed by atoms with Crippen LogP contribution in [0.25, 0.3) is 17.8 Å². The van der Waals surface area contributed by atoms with Crippen LogP contribution in [-0.2, 0) is 23.0 Å². The van der Waals surface area contributed by atoms with Gasteiger partial charge in [0.15, 0.2) is 5.49 Å². The van der Waals surface area contributed by atoms with E-state index in [1.165, 1.54) is 36.4 Å². The highest BCUT2D eigenvalue weighted by Crippen LogP contribution is 2.26. The Balaban J connectivity index is 1.77. The third-order valence-electron chi connectivity index (χ3n) is 7.34. The first-order chi connectivity index (χ1) is 22.9. The predicted octanol–water partition coefficient (Wildman–Crippen LogP) is 2.67. The Morgan fingerprint density at radius 2 is 1.42 bits per heavy atom. The van der Waals surface area contributed by atoms with Crippen LogP contribution in [0.2, 0.25) is 0 Å². The Bertz CT molecular complexity index is 2160. The van der Waals surface area contributed by atoms with E-state index in [-0.39, 0.29) is 44.3 Å². The van der Waals surface area contributed by atoms with Crippen LogP contribution in [0, 0.1) is 0 Å². The lowest BCUT2D eigenvalue weighted by molar-refractivity contribution is -0.253. The summed E-state index contributed by atoms with van der Waals surface area (Å²) >= 11 is 0. The summed E-state index contributed by atoms with van der Waals surface area (Å²) in [6.07, 6.45) is 4.44. The zero-order valence-electron chi connectivity index (χ0n) is 25.4. The van der Waals surface area contributed by atoms with Crippen LogP contribution in [0.3, 0.4) is 0 Å². The number of pyridine rings is 1. The van der Waals surface area contributed by atoms with Gasteiger partial charge >= 0.3 is 11.9 Å². The van der Waals surface area contributed by atoms with Crippen molar-refractivity contribution in [1.82, 2.24) is 4.57 Å². The summed E-state index contributed by atoms with van der Waals surface area (Å²) in [5.74, 6) is -4.39. The van der Waals surface area contributed by atoms with Gasteiger partial charge in [-0.15, -0.1) is 5.10 Å². The van der Waals surface area contributed by atoms with Crippen LogP contribution in [0.1, 0.15) is 47.8 Å². The summed E-state index contributed by atoms with van der Waals surface area (Å²) in [6, 6.07) is 14.8. The molecule has 0 fully saturated rings. The molecule has 1 aliphatic rings. The summed E-state index contributed by atoms with van der Waals surface area (Å²) in [7, 11) is 3.79. The molecule has 0 atom stereocenters. The van der Waals surface area contributed by atoms with Gasteiger partial charge < -0.3 is 20.2 Å².